The van der Waals surface area contributed by atoms with Gasteiger partial charge in [-0.1, -0.05) is 0 Å². The minimum absolute atomic E-state index is 0.135. The number of ketones is 1. The fraction of sp³-hybridized carbons (Fsp3) is 0.400. The van der Waals surface area contributed by atoms with E-state index in [9.17, 15) is 14.4 Å². The van der Waals surface area contributed by atoms with E-state index in [-0.39, 0.29) is 30.0 Å². The summed E-state index contributed by atoms with van der Waals surface area (Å²) in [5, 5.41) is 5.20. The van der Waals surface area contributed by atoms with E-state index in [1.807, 2.05) is 0 Å². The molecular weight excluding hydrogens is 288 g/mol. The van der Waals surface area contributed by atoms with Gasteiger partial charge < -0.3 is 20.1 Å². The standard InChI is InChI=1S/C15H20N2O5/c1-10(18)12-4-5-13(17-11(2)19)14(8-12)22-9-15(20)16-6-7-21-3/h4-5,8H,6-7,9H2,1-3H3,(H,16,20)(H,17,19). The summed E-state index contributed by atoms with van der Waals surface area (Å²) < 4.78 is 10.2. The Labute approximate surface area is 129 Å². The molecule has 0 saturated heterocycles. The maximum Gasteiger partial charge on any atom is 0.258 e. The highest BCUT2D eigenvalue weighted by molar-refractivity contribution is 5.96. The highest BCUT2D eigenvalue weighted by atomic mass is 16.5. The molecule has 2 amide bonds. The van der Waals surface area contributed by atoms with Gasteiger partial charge in [-0.2, -0.15) is 0 Å². The van der Waals surface area contributed by atoms with Crippen LogP contribution in [0.25, 0.3) is 0 Å². The lowest BCUT2D eigenvalue weighted by Gasteiger charge is -2.13. The molecule has 22 heavy (non-hydrogen) atoms. The molecule has 1 rings (SSSR count). The van der Waals surface area contributed by atoms with Gasteiger partial charge in [0, 0.05) is 26.1 Å². The molecule has 2 N–H and O–H groups in total. The molecular formula is C15H20N2O5. The molecule has 1 aromatic rings. The van der Waals surface area contributed by atoms with Crippen LogP contribution in [-0.4, -0.2) is 44.5 Å². The third kappa shape index (κ3) is 5.92. The van der Waals surface area contributed by atoms with Crippen molar-refractivity contribution in [3.05, 3.63) is 23.8 Å². The first-order valence-electron chi connectivity index (χ1n) is 6.75. The molecule has 0 aromatic heterocycles. The van der Waals surface area contributed by atoms with E-state index in [0.717, 1.165) is 0 Å². The Balaban J connectivity index is 2.76. The molecule has 0 aliphatic carbocycles. The lowest BCUT2D eigenvalue weighted by Crippen LogP contribution is -2.31. The number of hydrogen-bond donors (Lipinski definition) is 2. The summed E-state index contributed by atoms with van der Waals surface area (Å²) in [6.45, 7) is 3.35. The zero-order chi connectivity index (χ0) is 16.5. The summed E-state index contributed by atoms with van der Waals surface area (Å²) in [6.07, 6.45) is 0. The summed E-state index contributed by atoms with van der Waals surface area (Å²) >= 11 is 0. The van der Waals surface area contributed by atoms with Crippen LogP contribution < -0.4 is 15.4 Å². The van der Waals surface area contributed by atoms with Crippen LogP contribution in [0.4, 0.5) is 5.69 Å². The fourth-order valence-electron chi connectivity index (χ4n) is 1.64. The van der Waals surface area contributed by atoms with Crippen molar-refractivity contribution in [1.82, 2.24) is 5.32 Å². The SMILES string of the molecule is COCCNC(=O)COc1cc(C(C)=O)ccc1NC(C)=O. The normalized spacial score (nSPS) is 9.95. The molecule has 7 heteroatoms. The third-order valence-electron chi connectivity index (χ3n) is 2.69. The van der Waals surface area contributed by atoms with Crippen molar-refractivity contribution in [1.29, 1.82) is 0 Å². The van der Waals surface area contributed by atoms with E-state index in [1.165, 1.54) is 27.0 Å². The Hall–Kier alpha value is -2.41. The average molecular weight is 308 g/mol. The number of rotatable bonds is 8. The third-order valence-corrected chi connectivity index (χ3v) is 2.69. The van der Waals surface area contributed by atoms with Gasteiger partial charge in [0.1, 0.15) is 5.75 Å². The molecule has 0 spiro atoms. The topological polar surface area (TPSA) is 93.7 Å². The molecule has 1 aromatic carbocycles. The van der Waals surface area contributed by atoms with Crippen LogP contribution in [0.2, 0.25) is 0 Å². The molecule has 0 heterocycles. The minimum Gasteiger partial charge on any atom is -0.482 e. The Morgan fingerprint density at radius 3 is 2.50 bits per heavy atom. The zero-order valence-corrected chi connectivity index (χ0v) is 12.9. The van der Waals surface area contributed by atoms with Crippen molar-refractivity contribution in [2.24, 2.45) is 0 Å². The number of hydrogen-bond acceptors (Lipinski definition) is 5. The van der Waals surface area contributed by atoms with Gasteiger partial charge in [-0.3, -0.25) is 14.4 Å². The smallest absolute Gasteiger partial charge is 0.258 e. The van der Waals surface area contributed by atoms with E-state index in [1.54, 1.807) is 12.1 Å². The van der Waals surface area contributed by atoms with Crippen LogP contribution in [0.1, 0.15) is 24.2 Å². The van der Waals surface area contributed by atoms with Crippen LogP contribution in [0.3, 0.4) is 0 Å². The number of Topliss-reactive ketones (excluding diaryl/α,β-unsaturated/α-hetero) is 1. The number of amides is 2. The molecule has 0 aliphatic rings. The molecule has 0 radical (unpaired) electrons. The average Bonchev–Trinajstić information content (AvgIpc) is 2.45. The second-order valence-electron chi connectivity index (χ2n) is 4.58. The van der Waals surface area contributed by atoms with Gasteiger partial charge in [0.05, 0.1) is 12.3 Å². The molecule has 0 fully saturated rings. The predicted molar refractivity (Wildman–Crippen MR) is 81.1 cm³/mol. The number of benzene rings is 1. The van der Waals surface area contributed by atoms with Gasteiger partial charge in [-0.15, -0.1) is 0 Å². The molecule has 0 bridgehead atoms. The fourth-order valence-corrected chi connectivity index (χ4v) is 1.64. The minimum atomic E-state index is -0.320. The van der Waals surface area contributed by atoms with Crippen LogP contribution in [0, 0.1) is 0 Å². The Morgan fingerprint density at radius 2 is 1.91 bits per heavy atom. The molecule has 7 nitrogen and oxygen atoms in total. The van der Waals surface area contributed by atoms with E-state index >= 15 is 0 Å². The summed E-state index contributed by atoms with van der Waals surface area (Å²) in [7, 11) is 1.54. The quantitative estimate of drug-likeness (QED) is 0.552. The summed E-state index contributed by atoms with van der Waals surface area (Å²) in [5.74, 6) is -0.461. The molecule has 0 saturated carbocycles. The first kappa shape index (κ1) is 17.6. The van der Waals surface area contributed by atoms with Gasteiger partial charge in [0.2, 0.25) is 5.91 Å². The second-order valence-corrected chi connectivity index (χ2v) is 4.58. The van der Waals surface area contributed by atoms with Crippen LogP contribution in [0.15, 0.2) is 18.2 Å². The van der Waals surface area contributed by atoms with Gasteiger partial charge in [-0.25, -0.2) is 0 Å². The summed E-state index contributed by atoms with van der Waals surface area (Å²) in [6, 6.07) is 4.64. The monoisotopic (exact) mass is 308 g/mol. The molecule has 0 aliphatic heterocycles. The number of ether oxygens (including phenoxy) is 2. The molecule has 0 unspecified atom stereocenters. The van der Waals surface area contributed by atoms with Crippen LogP contribution in [-0.2, 0) is 14.3 Å². The summed E-state index contributed by atoms with van der Waals surface area (Å²) in [5.41, 5.74) is 0.839. The van der Waals surface area contributed by atoms with E-state index in [0.29, 0.717) is 24.4 Å². The highest BCUT2D eigenvalue weighted by Crippen LogP contribution is 2.26. The highest BCUT2D eigenvalue weighted by Gasteiger charge is 2.11. The van der Waals surface area contributed by atoms with Crippen molar-refractivity contribution in [2.45, 2.75) is 13.8 Å². The first-order valence-corrected chi connectivity index (χ1v) is 6.75. The number of carbonyl (C=O) groups excluding carboxylic acids is 3. The lowest BCUT2D eigenvalue weighted by atomic mass is 10.1. The van der Waals surface area contributed by atoms with Gasteiger partial charge in [0.15, 0.2) is 12.4 Å². The Morgan fingerprint density at radius 1 is 1.18 bits per heavy atom. The predicted octanol–water partition coefficient (Wildman–Crippen LogP) is 0.989. The van der Waals surface area contributed by atoms with Gasteiger partial charge in [0.25, 0.3) is 5.91 Å². The maximum absolute atomic E-state index is 11.6. The lowest BCUT2D eigenvalue weighted by molar-refractivity contribution is -0.123. The van der Waals surface area contributed by atoms with Gasteiger partial charge >= 0.3 is 0 Å². The van der Waals surface area contributed by atoms with Crippen LogP contribution in [0.5, 0.6) is 5.75 Å². The number of nitrogens with one attached hydrogen (secondary N) is 2. The van der Waals surface area contributed by atoms with Gasteiger partial charge in [-0.05, 0) is 25.1 Å². The summed E-state index contributed by atoms with van der Waals surface area (Å²) in [4.78, 5) is 34.2. The number of carbonyl (C=O) groups is 3. The maximum atomic E-state index is 11.6. The van der Waals surface area contributed by atoms with Crippen molar-refractivity contribution in [3.8, 4) is 5.75 Å². The first-order chi connectivity index (χ1) is 10.4. The second kappa shape index (κ2) is 8.78. The van der Waals surface area contributed by atoms with Crippen molar-refractivity contribution in [2.75, 3.05) is 32.2 Å². The number of anilines is 1. The molecule has 120 valence electrons. The van der Waals surface area contributed by atoms with Crippen LogP contribution >= 0.6 is 0 Å². The van der Waals surface area contributed by atoms with E-state index < -0.39 is 0 Å². The van der Waals surface area contributed by atoms with E-state index in [4.69, 9.17) is 9.47 Å². The van der Waals surface area contributed by atoms with Crippen molar-refractivity contribution in [3.63, 3.8) is 0 Å². The van der Waals surface area contributed by atoms with Crippen molar-refractivity contribution < 1.29 is 23.9 Å². The Kier molecular flexibility index (Phi) is 7.04. The number of methoxy groups -OCH3 is 1. The van der Waals surface area contributed by atoms with Crippen molar-refractivity contribution >= 4 is 23.3 Å². The zero-order valence-electron chi connectivity index (χ0n) is 12.9. The molecule has 0 atom stereocenters. The largest absolute Gasteiger partial charge is 0.482 e. The Bertz CT molecular complexity index is 557. The van der Waals surface area contributed by atoms with E-state index in [2.05, 4.69) is 10.6 Å².